The van der Waals surface area contributed by atoms with E-state index in [-0.39, 0.29) is 17.9 Å². The van der Waals surface area contributed by atoms with Gasteiger partial charge in [-0.25, -0.2) is 0 Å². The molecule has 1 heterocycles. The van der Waals surface area contributed by atoms with Crippen molar-refractivity contribution in [2.75, 3.05) is 13.1 Å². The molecule has 2 aromatic carbocycles. The molecule has 3 fully saturated rings. The number of aliphatic hydroxyl groups excluding tert-OH is 1. The summed E-state index contributed by atoms with van der Waals surface area (Å²) in [5, 5.41) is 21.6. The Morgan fingerprint density at radius 1 is 0.969 bits per heavy atom. The lowest BCUT2D eigenvalue weighted by Gasteiger charge is -2.35. The lowest BCUT2D eigenvalue weighted by molar-refractivity contribution is -0.149. The SMILES string of the molecule is O=C(N1C[C@H]2C[C@@H](Oc3ccccc3Cc3ccccc3)[C@H](O)C[C@H]2C1)C1(O)CCCC1. The molecule has 0 unspecified atom stereocenters. The van der Waals surface area contributed by atoms with E-state index in [1.165, 1.54) is 5.56 Å². The molecule has 0 radical (unpaired) electrons. The Bertz CT molecular complexity index is 940. The Balaban J connectivity index is 1.26. The normalized spacial score (nSPS) is 29.0. The fraction of sp³-hybridized carbons (Fsp3) is 0.519. The van der Waals surface area contributed by atoms with E-state index in [2.05, 4.69) is 18.2 Å². The van der Waals surface area contributed by atoms with Crippen molar-refractivity contribution in [3.05, 3.63) is 65.7 Å². The molecule has 5 heteroatoms. The highest BCUT2D eigenvalue weighted by Gasteiger charge is 2.48. The first-order chi connectivity index (χ1) is 15.5. The second-order valence-electron chi connectivity index (χ2n) is 9.93. The lowest BCUT2D eigenvalue weighted by Crippen LogP contribution is -2.46. The Hall–Kier alpha value is -2.37. The molecule has 2 saturated carbocycles. The maximum absolute atomic E-state index is 13.0. The molecule has 32 heavy (non-hydrogen) atoms. The summed E-state index contributed by atoms with van der Waals surface area (Å²) in [4.78, 5) is 14.8. The molecule has 1 saturated heterocycles. The predicted octanol–water partition coefficient (Wildman–Crippen LogP) is 3.56. The number of hydrogen-bond acceptors (Lipinski definition) is 4. The number of likely N-dealkylation sites (tertiary alicyclic amines) is 1. The van der Waals surface area contributed by atoms with Gasteiger partial charge in [-0.3, -0.25) is 4.79 Å². The summed E-state index contributed by atoms with van der Waals surface area (Å²) >= 11 is 0. The molecule has 5 rings (SSSR count). The minimum Gasteiger partial charge on any atom is -0.487 e. The van der Waals surface area contributed by atoms with E-state index < -0.39 is 11.7 Å². The van der Waals surface area contributed by atoms with Crippen molar-refractivity contribution in [2.24, 2.45) is 11.8 Å². The van der Waals surface area contributed by atoms with Crippen LogP contribution in [-0.4, -0.2) is 51.9 Å². The van der Waals surface area contributed by atoms with Crippen LogP contribution in [-0.2, 0) is 11.2 Å². The number of para-hydroxylation sites is 1. The van der Waals surface area contributed by atoms with Gasteiger partial charge in [0.15, 0.2) is 0 Å². The van der Waals surface area contributed by atoms with Gasteiger partial charge in [0.1, 0.15) is 17.5 Å². The van der Waals surface area contributed by atoms with E-state index in [0.717, 1.165) is 37.0 Å². The molecule has 3 aliphatic rings. The number of carbonyl (C=O) groups is 1. The molecule has 1 aliphatic heterocycles. The zero-order chi connectivity index (χ0) is 22.1. The number of carbonyl (C=O) groups excluding carboxylic acids is 1. The molecule has 2 aromatic rings. The number of amides is 1. The third-order valence-corrected chi connectivity index (χ3v) is 7.69. The van der Waals surface area contributed by atoms with E-state index in [9.17, 15) is 15.0 Å². The molecule has 0 spiro atoms. The van der Waals surface area contributed by atoms with Crippen molar-refractivity contribution in [1.82, 2.24) is 4.90 Å². The Morgan fingerprint density at radius 3 is 2.38 bits per heavy atom. The maximum atomic E-state index is 13.0. The van der Waals surface area contributed by atoms with Crippen LogP contribution in [0.5, 0.6) is 5.75 Å². The highest BCUT2D eigenvalue weighted by Crippen LogP contribution is 2.41. The minimum absolute atomic E-state index is 0.107. The molecule has 2 N–H and O–H groups in total. The first-order valence-corrected chi connectivity index (χ1v) is 12.0. The fourth-order valence-electron chi connectivity index (χ4n) is 5.89. The van der Waals surface area contributed by atoms with Crippen molar-refractivity contribution < 1.29 is 19.7 Å². The number of aliphatic hydroxyl groups is 2. The molecule has 4 atom stereocenters. The van der Waals surface area contributed by atoms with E-state index >= 15 is 0 Å². The van der Waals surface area contributed by atoms with Crippen LogP contribution in [0.3, 0.4) is 0 Å². The Labute approximate surface area is 190 Å². The highest BCUT2D eigenvalue weighted by atomic mass is 16.5. The van der Waals surface area contributed by atoms with Gasteiger partial charge < -0.3 is 19.8 Å². The number of fused-ring (bicyclic) bond motifs is 1. The van der Waals surface area contributed by atoms with Crippen molar-refractivity contribution in [2.45, 2.75) is 62.8 Å². The molecule has 2 aliphatic carbocycles. The van der Waals surface area contributed by atoms with Gasteiger partial charge in [0.05, 0.1) is 6.10 Å². The standard InChI is InChI=1S/C27H33NO4/c29-23-15-21-17-28(26(30)27(31)12-6-7-13-27)18-22(21)16-25(23)32-24-11-5-4-10-20(24)14-19-8-2-1-3-9-19/h1-5,8-11,21-23,25,29,31H,6-7,12-18H2/t21-,22+,23+,25+/m0/s1. The van der Waals surface area contributed by atoms with Crippen LogP contribution in [0.4, 0.5) is 0 Å². The molecule has 1 amide bonds. The number of ether oxygens (including phenoxy) is 1. The molecular formula is C27H33NO4. The Morgan fingerprint density at radius 2 is 1.62 bits per heavy atom. The summed E-state index contributed by atoms with van der Waals surface area (Å²) in [5.74, 6) is 1.30. The largest absolute Gasteiger partial charge is 0.487 e. The van der Waals surface area contributed by atoms with Gasteiger partial charge in [0.25, 0.3) is 5.91 Å². The first kappa shape index (κ1) is 21.5. The average molecular weight is 436 g/mol. The van der Waals surface area contributed by atoms with E-state index in [1.807, 2.05) is 41.3 Å². The minimum atomic E-state index is -1.17. The molecule has 5 nitrogen and oxygen atoms in total. The smallest absolute Gasteiger partial charge is 0.254 e. The maximum Gasteiger partial charge on any atom is 0.254 e. The molecule has 0 bridgehead atoms. The van der Waals surface area contributed by atoms with Crippen molar-refractivity contribution in [3.8, 4) is 5.75 Å². The van der Waals surface area contributed by atoms with Crippen molar-refractivity contribution in [3.63, 3.8) is 0 Å². The number of rotatable bonds is 5. The highest BCUT2D eigenvalue weighted by molar-refractivity contribution is 5.85. The van der Waals surface area contributed by atoms with Crippen LogP contribution in [0, 0.1) is 11.8 Å². The van der Waals surface area contributed by atoms with Gasteiger partial charge in [-0.15, -0.1) is 0 Å². The Kier molecular flexibility index (Phi) is 5.95. The number of hydrogen-bond donors (Lipinski definition) is 2. The van der Waals surface area contributed by atoms with E-state index in [0.29, 0.717) is 38.3 Å². The van der Waals surface area contributed by atoms with Gasteiger partial charge in [-0.1, -0.05) is 48.5 Å². The predicted molar refractivity (Wildman–Crippen MR) is 122 cm³/mol. The summed E-state index contributed by atoms with van der Waals surface area (Å²) in [5.41, 5.74) is 1.17. The third kappa shape index (κ3) is 4.28. The average Bonchev–Trinajstić information content (AvgIpc) is 3.42. The van der Waals surface area contributed by atoms with Crippen LogP contribution >= 0.6 is 0 Å². The summed E-state index contributed by atoms with van der Waals surface area (Å²) in [7, 11) is 0. The molecule has 170 valence electrons. The monoisotopic (exact) mass is 435 g/mol. The molecule has 0 aromatic heterocycles. The van der Waals surface area contributed by atoms with E-state index in [1.54, 1.807) is 0 Å². The second-order valence-corrected chi connectivity index (χ2v) is 9.93. The second kappa shape index (κ2) is 8.87. The number of nitrogens with zero attached hydrogens (tertiary/aromatic N) is 1. The van der Waals surface area contributed by atoms with Crippen molar-refractivity contribution in [1.29, 1.82) is 0 Å². The van der Waals surface area contributed by atoms with Gasteiger partial charge in [-0.2, -0.15) is 0 Å². The number of benzene rings is 2. The topological polar surface area (TPSA) is 70.0 Å². The van der Waals surface area contributed by atoms with Gasteiger partial charge in [0, 0.05) is 19.5 Å². The van der Waals surface area contributed by atoms with Crippen LogP contribution in [0.15, 0.2) is 54.6 Å². The summed E-state index contributed by atoms with van der Waals surface area (Å²) < 4.78 is 6.39. The zero-order valence-corrected chi connectivity index (χ0v) is 18.5. The lowest BCUT2D eigenvalue weighted by atomic mass is 9.78. The quantitative estimate of drug-likeness (QED) is 0.754. The summed E-state index contributed by atoms with van der Waals surface area (Å²) in [6, 6.07) is 18.4. The summed E-state index contributed by atoms with van der Waals surface area (Å²) in [6.45, 7) is 1.30. The van der Waals surface area contributed by atoms with Crippen molar-refractivity contribution >= 4 is 5.91 Å². The van der Waals surface area contributed by atoms with Gasteiger partial charge in [0.2, 0.25) is 0 Å². The van der Waals surface area contributed by atoms with Crippen LogP contribution < -0.4 is 4.74 Å². The zero-order valence-electron chi connectivity index (χ0n) is 18.5. The van der Waals surface area contributed by atoms with Gasteiger partial charge >= 0.3 is 0 Å². The van der Waals surface area contributed by atoms with E-state index in [4.69, 9.17) is 4.74 Å². The fourth-order valence-corrected chi connectivity index (χ4v) is 5.89. The van der Waals surface area contributed by atoms with Crippen LogP contribution in [0.25, 0.3) is 0 Å². The first-order valence-electron chi connectivity index (χ1n) is 12.0. The summed E-state index contributed by atoms with van der Waals surface area (Å²) in [6.07, 6.45) is 4.30. The van der Waals surface area contributed by atoms with Crippen LogP contribution in [0.2, 0.25) is 0 Å². The molecular weight excluding hydrogens is 402 g/mol. The van der Waals surface area contributed by atoms with Crippen LogP contribution in [0.1, 0.15) is 49.7 Å². The third-order valence-electron chi connectivity index (χ3n) is 7.69. The van der Waals surface area contributed by atoms with Gasteiger partial charge in [-0.05, 0) is 67.6 Å².